The molecule has 20 heavy (non-hydrogen) atoms. The Morgan fingerprint density at radius 2 is 2.00 bits per heavy atom. The number of thiazole rings is 1. The number of rotatable bonds is 9. The fourth-order valence-corrected chi connectivity index (χ4v) is 3.28. The van der Waals surface area contributed by atoms with Crippen molar-refractivity contribution in [2.24, 2.45) is 0 Å². The summed E-state index contributed by atoms with van der Waals surface area (Å²) in [5.41, 5.74) is 1.28. The molecule has 114 valence electrons. The van der Waals surface area contributed by atoms with Gasteiger partial charge in [0, 0.05) is 31.1 Å². The van der Waals surface area contributed by atoms with E-state index < -0.39 is 0 Å². The zero-order valence-corrected chi connectivity index (χ0v) is 14.1. The molecule has 1 aromatic rings. The number of anilines is 1. The largest absolute Gasteiger partial charge is 0.351 e. The van der Waals surface area contributed by atoms with Crippen molar-refractivity contribution in [3.8, 4) is 0 Å². The van der Waals surface area contributed by atoms with E-state index in [-0.39, 0.29) is 0 Å². The summed E-state index contributed by atoms with van der Waals surface area (Å²) in [6, 6.07) is 0.767. The van der Waals surface area contributed by atoms with E-state index in [0.29, 0.717) is 0 Å². The Labute approximate surface area is 127 Å². The van der Waals surface area contributed by atoms with Gasteiger partial charge >= 0.3 is 0 Å². The Morgan fingerprint density at radius 3 is 2.60 bits per heavy atom. The maximum atomic E-state index is 4.82. The van der Waals surface area contributed by atoms with Gasteiger partial charge in [0.25, 0.3) is 0 Å². The average molecular weight is 296 g/mol. The van der Waals surface area contributed by atoms with Crippen molar-refractivity contribution in [1.82, 2.24) is 15.2 Å². The molecule has 0 amide bonds. The third-order valence-electron chi connectivity index (χ3n) is 3.66. The van der Waals surface area contributed by atoms with Gasteiger partial charge in [-0.15, -0.1) is 11.3 Å². The maximum absolute atomic E-state index is 4.82. The van der Waals surface area contributed by atoms with Crippen LogP contribution in [0.5, 0.6) is 0 Å². The summed E-state index contributed by atoms with van der Waals surface area (Å²) in [4.78, 5) is 10.8. The van der Waals surface area contributed by atoms with Crippen LogP contribution in [0, 0.1) is 0 Å². The van der Waals surface area contributed by atoms with Crippen molar-refractivity contribution in [1.29, 1.82) is 0 Å². The first kappa shape index (κ1) is 15.7. The van der Waals surface area contributed by atoms with E-state index in [1.54, 1.807) is 0 Å². The standard InChI is InChI=1S/C15H28N4S/c1-5-13-14(11-16-12-7-8-12)20-15(17-13)19(4)10-6-9-18(2)3/h12,16H,5-11H2,1-4H3. The predicted molar refractivity (Wildman–Crippen MR) is 87.8 cm³/mol. The van der Waals surface area contributed by atoms with Gasteiger partial charge in [-0.2, -0.15) is 0 Å². The van der Waals surface area contributed by atoms with Crippen LogP contribution in [0.25, 0.3) is 0 Å². The second-order valence-corrected chi connectivity index (χ2v) is 7.02. The van der Waals surface area contributed by atoms with E-state index in [9.17, 15) is 0 Å². The number of aryl methyl sites for hydroxylation is 1. The fourth-order valence-electron chi connectivity index (χ4n) is 2.19. The Balaban J connectivity index is 1.89. The fraction of sp³-hybridized carbons (Fsp3) is 0.800. The lowest BCUT2D eigenvalue weighted by Gasteiger charge is -2.17. The number of aromatic nitrogens is 1. The monoisotopic (exact) mass is 296 g/mol. The molecule has 5 heteroatoms. The SMILES string of the molecule is CCc1nc(N(C)CCCN(C)C)sc1CNC1CC1. The lowest BCUT2D eigenvalue weighted by Crippen LogP contribution is -2.23. The Morgan fingerprint density at radius 1 is 1.25 bits per heavy atom. The summed E-state index contributed by atoms with van der Waals surface area (Å²) >= 11 is 1.86. The quantitative estimate of drug-likeness (QED) is 0.758. The third kappa shape index (κ3) is 4.72. The normalized spacial score (nSPS) is 15.1. The molecule has 1 N–H and O–H groups in total. The van der Waals surface area contributed by atoms with Crippen molar-refractivity contribution in [2.45, 2.75) is 45.2 Å². The highest BCUT2D eigenvalue weighted by atomic mass is 32.1. The molecule has 1 heterocycles. The van der Waals surface area contributed by atoms with Gasteiger partial charge in [0.05, 0.1) is 5.69 Å². The molecule has 0 bridgehead atoms. The van der Waals surface area contributed by atoms with Crippen molar-refractivity contribution in [3.05, 3.63) is 10.6 Å². The summed E-state index contributed by atoms with van der Waals surface area (Å²) in [6.45, 7) is 5.40. The number of hydrogen-bond acceptors (Lipinski definition) is 5. The van der Waals surface area contributed by atoms with Crippen LogP contribution >= 0.6 is 11.3 Å². The molecule has 0 atom stereocenters. The van der Waals surface area contributed by atoms with Gasteiger partial charge in [-0.3, -0.25) is 0 Å². The summed E-state index contributed by atoms with van der Waals surface area (Å²) in [6.07, 6.45) is 4.90. The van der Waals surface area contributed by atoms with Crippen molar-refractivity contribution in [3.63, 3.8) is 0 Å². The molecule has 0 unspecified atom stereocenters. The molecule has 1 fully saturated rings. The molecule has 0 spiro atoms. The van der Waals surface area contributed by atoms with Crippen LogP contribution in [0.4, 0.5) is 5.13 Å². The summed E-state index contributed by atoms with van der Waals surface area (Å²) in [5, 5.41) is 4.78. The van der Waals surface area contributed by atoms with Crippen molar-refractivity contribution in [2.75, 3.05) is 39.1 Å². The minimum Gasteiger partial charge on any atom is -0.351 e. The number of nitrogens with zero attached hydrogens (tertiary/aromatic N) is 3. The zero-order valence-electron chi connectivity index (χ0n) is 13.3. The van der Waals surface area contributed by atoms with Gasteiger partial charge < -0.3 is 15.1 Å². The molecule has 0 aliphatic heterocycles. The number of nitrogens with one attached hydrogen (secondary N) is 1. The topological polar surface area (TPSA) is 31.4 Å². The molecule has 1 aromatic heterocycles. The summed E-state index contributed by atoms with van der Waals surface area (Å²) in [5.74, 6) is 0. The second-order valence-electron chi connectivity index (χ2n) is 5.95. The minimum absolute atomic E-state index is 0.767. The first-order valence-corrected chi connectivity index (χ1v) is 8.49. The highest BCUT2D eigenvalue weighted by Crippen LogP contribution is 2.27. The smallest absolute Gasteiger partial charge is 0.185 e. The van der Waals surface area contributed by atoms with E-state index in [2.05, 4.69) is 43.2 Å². The first-order chi connectivity index (χ1) is 9.60. The van der Waals surface area contributed by atoms with Crippen LogP contribution < -0.4 is 10.2 Å². The van der Waals surface area contributed by atoms with Gasteiger partial charge in [-0.05, 0) is 46.3 Å². The summed E-state index contributed by atoms with van der Waals surface area (Å²) < 4.78 is 0. The highest BCUT2D eigenvalue weighted by Gasteiger charge is 2.21. The lowest BCUT2D eigenvalue weighted by molar-refractivity contribution is 0.401. The van der Waals surface area contributed by atoms with Crippen LogP contribution in [-0.4, -0.2) is 50.2 Å². The van der Waals surface area contributed by atoms with Gasteiger partial charge in [0.15, 0.2) is 5.13 Å². The van der Waals surface area contributed by atoms with Crippen LogP contribution in [-0.2, 0) is 13.0 Å². The highest BCUT2D eigenvalue weighted by molar-refractivity contribution is 7.15. The van der Waals surface area contributed by atoms with Crippen LogP contribution in [0.2, 0.25) is 0 Å². The van der Waals surface area contributed by atoms with Crippen LogP contribution in [0.15, 0.2) is 0 Å². The average Bonchev–Trinajstić information content (AvgIpc) is 3.14. The maximum Gasteiger partial charge on any atom is 0.185 e. The van der Waals surface area contributed by atoms with Crippen LogP contribution in [0.3, 0.4) is 0 Å². The molecule has 1 aliphatic carbocycles. The molecule has 4 nitrogen and oxygen atoms in total. The lowest BCUT2D eigenvalue weighted by atomic mass is 10.3. The zero-order chi connectivity index (χ0) is 14.5. The Hall–Kier alpha value is -0.650. The van der Waals surface area contributed by atoms with Crippen molar-refractivity contribution < 1.29 is 0 Å². The molecule has 1 saturated carbocycles. The van der Waals surface area contributed by atoms with Gasteiger partial charge in [-0.25, -0.2) is 4.98 Å². The Kier molecular flexibility index (Phi) is 5.81. The minimum atomic E-state index is 0.767. The number of hydrogen-bond donors (Lipinski definition) is 1. The molecular formula is C15H28N4S. The van der Waals surface area contributed by atoms with Gasteiger partial charge in [0.1, 0.15) is 0 Å². The first-order valence-electron chi connectivity index (χ1n) is 7.68. The van der Waals surface area contributed by atoms with Gasteiger partial charge in [-0.1, -0.05) is 6.92 Å². The Bertz CT molecular complexity index is 412. The molecule has 2 rings (SSSR count). The third-order valence-corrected chi connectivity index (χ3v) is 4.87. The van der Waals surface area contributed by atoms with E-state index >= 15 is 0 Å². The molecule has 0 aromatic carbocycles. The molecular weight excluding hydrogens is 268 g/mol. The van der Waals surface area contributed by atoms with E-state index in [4.69, 9.17) is 4.98 Å². The van der Waals surface area contributed by atoms with Crippen molar-refractivity contribution >= 4 is 16.5 Å². The van der Waals surface area contributed by atoms with E-state index in [0.717, 1.165) is 32.1 Å². The van der Waals surface area contributed by atoms with Crippen LogP contribution in [0.1, 0.15) is 36.8 Å². The molecule has 0 saturated heterocycles. The van der Waals surface area contributed by atoms with E-state index in [1.807, 2.05) is 11.3 Å². The summed E-state index contributed by atoms with van der Waals surface area (Å²) in [7, 11) is 6.41. The predicted octanol–water partition coefficient (Wildman–Crippen LogP) is 2.35. The van der Waals surface area contributed by atoms with E-state index in [1.165, 1.54) is 35.0 Å². The molecule has 1 aliphatic rings. The van der Waals surface area contributed by atoms with Gasteiger partial charge in [0.2, 0.25) is 0 Å². The molecule has 0 radical (unpaired) electrons. The second kappa shape index (κ2) is 7.38.